The molecule has 3 rings (SSSR count). The van der Waals surface area contributed by atoms with Crippen LogP contribution in [0.2, 0.25) is 0 Å². The molecule has 1 fully saturated rings. The van der Waals surface area contributed by atoms with Crippen LogP contribution in [-0.4, -0.2) is 52.1 Å². The van der Waals surface area contributed by atoms with Crippen LogP contribution in [0.5, 0.6) is 5.75 Å². The number of sulfonamides is 1. The van der Waals surface area contributed by atoms with Crippen LogP contribution in [-0.2, 0) is 14.8 Å². The molecule has 2 aromatic carbocycles. The fourth-order valence-electron chi connectivity index (χ4n) is 3.69. The third kappa shape index (κ3) is 4.14. The number of nitrogens with zero attached hydrogens (tertiary/aromatic N) is 1. The molecule has 1 aliphatic rings. The van der Waals surface area contributed by atoms with E-state index in [4.69, 9.17) is 9.47 Å². The molecule has 0 spiro atoms. The van der Waals surface area contributed by atoms with E-state index in [-0.39, 0.29) is 40.3 Å². The van der Waals surface area contributed by atoms with Gasteiger partial charge in [0.15, 0.2) is 0 Å². The third-order valence-electron chi connectivity index (χ3n) is 5.20. The number of ether oxygens (including phenoxy) is 2. The molecule has 1 amide bonds. The maximum absolute atomic E-state index is 13.4. The molecule has 0 aliphatic carbocycles. The van der Waals surface area contributed by atoms with Crippen LogP contribution in [0.1, 0.15) is 35.9 Å². The highest BCUT2D eigenvalue weighted by Crippen LogP contribution is 2.33. The topological polar surface area (TPSA) is 84.9 Å². The van der Waals surface area contributed by atoms with E-state index < -0.39 is 10.0 Å². The van der Waals surface area contributed by atoms with Gasteiger partial charge in [0.1, 0.15) is 16.7 Å². The van der Waals surface area contributed by atoms with E-state index in [1.807, 2.05) is 44.2 Å². The van der Waals surface area contributed by atoms with E-state index >= 15 is 0 Å². The maximum Gasteiger partial charge on any atom is 0.254 e. The van der Waals surface area contributed by atoms with Crippen LogP contribution in [0.4, 0.5) is 0 Å². The summed E-state index contributed by atoms with van der Waals surface area (Å²) < 4.78 is 38.2. The van der Waals surface area contributed by atoms with Crippen molar-refractivity contribution in [3.05, 3.63) is 59.7 Å². The predicted octanol–water partition coefficient (Wildman–Crippen LogP) is 2.59. The Hall–Kier alpha value is -2.42. The molecule has 29 heavy (non-hydrogen) atoms. The first-order valence-electron chi connectivity index (χ1n) is 9.41. The lowest BCUT2D eigenvalue weighted by Gasteiger charge is -2.44. The monoisotopic (exact) mass is 418 g/mol. The molecule has 1 heterocycles. The van der Waals surface area contributed by atoms with E-state index in [9.17, 15) is 13.2 Å². The summed E-state index contributed by atoms with van der Waals surface area (Å²) in [5.74, 6) is -0.0643. The summed E-state index contributed by atoms with van der Waals surface area (Å²) in [7, 11) is -1.07. The number of benzene rings is 2. The fourth-order valence-corrected chi connectivity index (χ4v) is 4.61. The lowest BCUT2D eigenvalue weighted by Crippen LogP contribution is -2.53. The third-order valence-corrected chi connectivity index (χ3v) is 6.64. The van der Waals surface area contributed by atoms with Crippen LogP contribution in [0.15, 0.2) is 53.4 Å². The molecule has 1 aliphatic heterocycles. The minimum atomic E-state index is -3.78. The maximum atomic E-state index is 13.4. The molecule has 0 radical (unpaired) electrons. The van der Waals surface area contributed by atoms with Crippen LogP contribution < -0.4 is 9.46 Å². The van der Waals surface area contributed by atoms with Gasteiger partial charge in [0.25, 0.3) is 5.91 Å². The molecule has 1 N–H and O–H groups in total. The smallest absolute Gasteiger partial charge is 0.254 e. The Morgan fingerprint density at radius 2 is 1.86 bits per heavy atom. The van der Waals surface area contributed by atoms with Crippen molar-refractivity contribution in [1.82, 2.24) is 9.62 Å². The molecule has 156 valence electrons. The number of nitrogens with one attached hydrogen (secondary N) is 1. The minimum absolute atomic E-state index is 0.0680. The first-order valence-corrected chi connectivity index (χ1v) is 10.9. The van der Waals surface area contributed by atoms with Crippen molar-refractivity contribution < 1.29 is 22.7 Å². The summed E-state index contributed by atoms with van der Waals surface area (Å²) in [6.07, 6.45) is -0.255. The quantitative estimate of drug-likeness (QED) is 0.807. The van der Waals surface area contributed by atoms with E-state index in [0.717, 1.165) is 5.56 Å². The Morgan fingerprint density at radius 1 is 1.17 bits per heavy atom. The fraction of sp³-hybridized carbons (Fsp3) is 0.381. The highest BCUT2D eigenvalue weighted by Gasteiger charge is 2.37. The summed E-state index contributed by atoms with van der Waals surface area (Å²) in [5, 5.41) is 0. The summed E-state index contributed by atoms with van der Waals surface area (Å²) in [6, 6.07) is 13.8. The van der Waals surface area contributed by atoms with Crippen LogP contribution in [0, 0.1) is 0 Å². The lowest BCUT2D eigenvalue weighted by atomic mass is 9.97. The van der Waals surface area contributed by atoms with Gasteiger partial charge >= 0.3 is 0 Å². The number of carbonyl (C=O) groups excluding carboxylic acids is 1. The molecule has 1 saturated heterocycles. The second-order valence-electron chi connectivity index (χ2n) is 7.04. The van der Waals surface area contributed by atoms with Crippen molar-refractivity contribution in [3.8, 4) is 5.75 Å². The van der Waals surface area contributed by atoms with E-state index in [0.29, 0.717) is 6.61 Å². The van der Waals surface area contributed by atoms with Gasteiger partial charge in [0.2, 0.25) is 10.0 Å². The summed E-state index contributed by atoms with van der Waals surface area (Å²) in [4.78, 5) is 15.1. The van der Waals surface area contributed by atoms with E-state index in [1.165, 1.54) is 26.3 Å². The van der Waals surface area contributed by atoms with Crippen LogP contribution in [0.25, 0.3) is 0 Å². The van der Waals surface area contributed by atoms with Crippen LogP contribution >= 0.6 is 0 Å². The van der Waals surface area contributed by atoms with Crippen molar-refractivity contribution in [3.63, 3.8) is 0 Å². The van der Waals surface area contributed by atoms with Gasteiger partial charge < -0.3 is 14.4 Å². The van der Waals surface area contributed by atoms with Gasteiger partial charge in [-0.05, 0) is 44.7 Å². The molecule has 3 atom stereocenters. The average molecular weight is 419 g/mol. The van der Waals surface area contributed by atoms with E-state index in [2.05, 4.69) is 4.72 Å². The first-order chi connectivity index (χ1) is 13.8. The molecule has 0 unspecified atom stereocenters. The SMILES string of the molecule is CNS(=O)(=O)c1cc(C(=O)N2[C@H](C)CO[C@H](c3ccccc3)[C@H]2C)ccc1OC. The number of hydrogen-bond acceptors (Lipinski definition) is 5. The summed E-state index contributed by atoms with van der Waals surface area (Å²) in [6.45, 7) is 4.26. The van der Waals surface area contributed by atoms with Crippen molar-refractivity contribution in [2.75, 3.05) is 20.8 Å². The zero-order valence-corrected chi connectivity index (χ0v) is 17.8. The minimum Gasteiger partial charge on any atom is -0.495 e. The molecular formula is C21H26N2O5S. The molecule has 0 saturated carbocycles. The van der Waals surface area contributed by atoms with Gasteiger partial charge in [-0.2, -0.15) is 0 Å². The van der Waals surface area contributed by atoms with Crippen molar-refractivity contribution in [2.24, 2.45) is 0 Å². The second-order valence-corrected chi connectivity index (χ2v) is 8.89. The van der Waals surface area contributed by atoms with Crippen molar-refractivity contribution in [1.29, 1.82) is 0 Å². The number of methoxy groups -OCH3 is 1. The highest BCUT2D eigenvalue weighted by atomic mass is 32.2. The van der Waals surface area contributed by atoms with E-state index in [1.54, 1.807) is 11.0 Å². The lowest BCUT2D eigenvalue weighted by molar-refractivity contribution is -0.0806. The summed E-state index contributed by atoms with van der Waals surface area (Å²) in [5.41, 5.74) is 1.28. The van der Waals surface area contributed by atoms with Gasteiger partial charge in [0, 0.05) is 5.56 Å². The van der Waals surface area contributed by atoms with Crippen molar-refractivity contribution in [2.45, 2.75) is 36.9 Å². The predicted molar refractivity (Wildman–Crippen MR) is 109 cm³/mol. The zero-order chi connectivity index (χ0) is 21.2. The normalized spacial score (nSPS) is 22.3. The Balaban J connectivity index is 1.97. The van der Waals surface area contributed by atoms with Gasteiger partial charge in [-0.15, -0.1) is 0 Å². The largest absolute Gasteiger partial charge is 0.495 e. The molecule has 2 aromatic rings. The molecule has 0 aromatic heterocycles. The Kier molecular flexibility index (Phi) is 6.26. The number of morpholine rings is 1. The zero-order valence-electron chi connectivity index (χ0n) is 17.0. The number of carbonyl (C=O) groups is 1. The first kappa shape index (κ1) is 21.3. The van der Waals surface area contributed by atoms with Crippen LogP contribution in [0.3, 0.4) is 0 Å². The molecule has 8 heteroatoms. The standard InChI is InChI=1S/C21H26N2O5S/c1-14-13-28-20(16-8-6-5-7-9-16)15(2)23(14)21(24)17-10-11-18(27-4)19(12-17)29(25,26)22-3/h5-12,14-15,20,22H,13H2,1-4H3/t14-,15-,20+/m1/s1. The van der Waals surface area contributed by atoms with Gasteiger partial charge in [-0.1, -0.05) is 30.3 Å². The van der Waals surface area contributed by atoms with Gasteiger partial charge in [0.05, 0.1) is 25.8 Å². The molecule has 7 nitrogen and oxygen atoms in total. The molecular weight excluding hydrogens is 392 g/mol. The Morgan fingerprint density at radius 3 is 2.48 bits per heavy atom. The highest BCUT2D eigenvalue weighted by molar-refractivity contribution is 7.89. The number of amides is 1. The van der Waals surface area contributed by atoms with Gasteiger partial charge in [-0.25, -0.2) is 13.1 Å². The molecule has 0 bridgehead atoms. The summed E-state index contributed by atoms with van der Waals surface area (Å²) >= 11 is 0. The number of rotatable bonds is 5. The Labute approximate surface area is 171 Å². The van der Waals surface area contributed by atoms with Crippen molar-refractivity contribution >= 4 is 15.9 Å². The number of hydrogen-bond donors (Lipinski definition) is 1. The van der Waals surface area contributed by atoms with Gasteiger partial charge in [-0.3, -0.25) is 4.79 Å². The average Bonchev–Trinajstić information content (AvgIpc) is 2.73. The Bertz CT molecular complexity index is 978. The second kappa shape index (κ2) is 8.52.